The van der Waals surface area contributed by atoms with Gasteiger partial charge < -0.3 is 20.2 Å². The van der Waals surface area contributed by atoms with Gasteiger partial charge in [-0.2, -0.15) is 5.10 Å². The van der Waals surface area contributed by atoms with Crippen molar-refractivity contribution in [3.63, 3.8) is 0 Å². The molecule has 1 aromatic carbocycles. The molecule has 0 bridgehead atoms. The highest BCUT2D eigenvalue weighted by Gasteiger charge is 2.26. The molecule has 3 N–H and O–H groups in total. The average molecular weight is 523 g/mol. The number of nitrogens with zero attached hydrogens (tertiary/aromatic N) is 3. The van der Waals surface area contributed by atoms with Gasteiger partial charge in [0.15, 0.2) is 5.96 Å². The Kier molecular flexibility index (Phi) is 8.91. The summed E-state index contributed by atoms with van der Waals surface area (Å²) in [6.07, 6.45) is 4.72. The number of nitrogens with one attached hydrogen (secondary N) is 2. The Hall–Kier alpha value is -2.33. The zero-order valence-electron chi connectivity index (χ0n) is 17.6. The van der Waals surface area contributed by atoms with Crippen LogP contribution in [0.25, 0.3) is 5.69 Å². The molecule has 0 saturated heterocycles. The van der Waals surface area contributed by atoms with E-state index < -0.39 is 5.60 Å². The fourth-order valence-electron chi connectivity index (χ4n) is 2.91. The summed E-state index contributed by atoms with van der Waals surface area (Å²) in [4.78, 5) is 4.52. The van der Waals surface area contributed by atoms with Crippen LogP contribution in [0.3, 0.4) is 0 Å². The van der Waals surface area contributed by atoms with Crippen molar-refractivity contribution in [2.75, 3.05) is 19.6 Å². The quantitative estimate of drug-likeness (QED) is 0.240. The van der Waals surface area contributed by atoms with E-state index in [0.29, 0.717) is 18.3 Å². The number of aromatic nitrogens is 2. The van der Waals surface area contributed by atoms with Gasteiger partial charge in [-0.3, -0.25) is 0 Å². The fourth-order valence-corrected chi connectivity index (χ4v) is 2.91. The van der Waals surface area contributed by atoms with Crippen LogP contribution < -0.4 is 10.6 Å². The van der Waals surface area contributed by atoms with E-state index in [4.69, 9.17) is 4.42 Å². The van der Waals surface area contributed by atoms with E-state index >= 15 is 0 Å². The standard InChI is InChI=1S/C22H29N5O2.HI/c1-4-23-21(25-16-22(3,28)20-11-10-17(2)29-20)24-13-12-18-14-26-27(15-18)19-8-6-5-7-9-19;/h5-11,14-15,28H,4,12-13,16H2,1-3H3,(H2,23,24,25);1H. The summed E-state index contributed by atoms with van der Waals surface area (Å²) in [5.41, 5.74) is 1.01. The van der Waals surface area contributed by atoms with Crippen LogP contribution in [0.2, 0.25) is 0 Å². The van der Waals surface area contributed by atoms with Crippen molar-refractivity contribution in [2.45, 2.75) is 32.8 Å². The molecule has 7 nitrogen and oxygen atoms in total. The molecule has 0 aliphatic carbocycles. The number of guanidine groups is 1. The second kappa shape index (κ2) is 11.2. The third-order valence-corrected chi connectivity index (χ3v) is 4.52. The minimum atomic E-state index is -1.16. The highest BCUT2D eigenvalue weighted by molar-refractivity contribution is 14.0. The predicted molar refractivity (Wildman–Crippen MR) is 130 cm³/mol. The molecule has 0 fully saturated rings. The van der Waals surface area contributed by atoms with Crippen LogP contribution in [0.15, 0.2) is 64.3 Å². The van der Waals surface area contributed by atoms with Gasteiger partial charge in [-0.05, 0) is 57.0 Å². The van der Waals surface area contributed by atoms with E-state index in [0.717, 1.165) is 30.0 Å². The monoisotopic (exact) mass is 523 g/mol. The third kappa shape index (κ3) is 6.60. The summed E-state index contributed by atoms with van der Waals surface area (Å²) >= 11 is 0. The zero-order valence-corrected chi connectivity index (χ0v) is 20.0. The zero-order chi connectivity index (χ0) is 20.7. The second-order valence-electron chi connectivity index (χ2n) is 7.18. The largest absolute Gasteiger partial charge is 0.463 e. The van der Waals surface area contributed by atoms with Crippen LogP contribution in [-0.4, -0.2) is 40.5 Å². The number of hydrogen-bond donors (Lipinski definition) is 3. The Morgan fingerprint density at radius 1 is 1.20 bits per heavy atom. The number of rotatable bonds is 8. The normalized spacial score (nSPS) is 13.4. The molecule has 1 unspecified atom stereocenters. The van der Waals surface area contributed by atoms with Crippen molar-refractivity contribution in [3.05, 3.63) is 71.9 Å². The van der Waals surface area contributed by atoms with E-state index in [1.54, 1.807) is 13.0 Å². The summed E-state index contributed by atoms with van der Waals surface area (Å²) < 4.78 is 7.42. The molecular weight excluding hydrogens is 493 g/mol. The van der Waals surface area contributed by atoms with Gasteiger partial charge in [0.05, 0.1) is 18.4 Å². The highest BCUT2D eigenvalue weighted by atomic mass is 127. The number of aliphatic hydroxyl groups is 1. The summed E-state index contributed by atoms with van der Waals surface area (Å²) in [5, 5.41) is 21.6. The van der Waals surface area contributed by atoms with Crippen LogP contribution in [0.1, 0.15) is 30.9 Å². The van der Waals surface area contributed by atoms with Crippen LogP contribution in [0, 0.1) is 6.92 Å². The molecule has 2 aromatic heterocycles. The van der Waals surface area contributed by atoms with Gasteiger partial charge in [0.1, 0.15) is 17.1 Å². The van der Waals surface area contributed by atoms with E-state index in [2.05, 4.69) is 20.7 Å². The van der Waals surface area contributed by atoms with Gasteiger partial charge in [0, 0.05) is 19.3 Å². The molecule has 0 saturated carbocycles. The minimum Gasteiger partial charge on any atom is -0.463 e. The van der Waals surface area contributed by atoms with Crippen molar-refractivity contribution < 1.29 is 9.52 Å². The Bertz CT molecular complexity index is 934. The number of para-hydroxylation sites is 1. The summed E-state index contributed by atoms with van der Waals surface area (Å²) in [6, 6.07) is 13.7. The Labute approximate surface area is 194 Å². The van der Waals surface area contributed by atoms with Crippen molar-refractivity contribution in [2.24, 2.45) is 4.99 Å². The molecule has 0 spiro atoms. The Balaban J connectivity index is 0.00000320. The lowest BCUT2D eigenvalue weighted by atomic mass is 10.0. The second-order valence-corrected chi connectivity index (χ2v) is 7.18. The molecule has 162 valence electrons. The lowest BCUT2D eigenvalue weighted by Crippen LogP contribution is -2.39. The smallest absolute Gasteiger partial charge is 0.191 e. The van der Waals surface area contributed by atoms with Crippen molar-refractivity contribution in [1.29, 1.82) is 0 Å². The van der Waals surface area contributed by atoms with Crippen LogP contribution in [0.4, 0.5) is 0 Å². The van der Waals surface area contributed by atoms with E-state index in [9.17, 15) is 5.11 Å². The first-order chi connectivity index (χ1) is 14.0. The van der Waals surface area contributed by atoms with Gasteiger partial charge in [-0.1, -0.05) is 18.2 Å². The maximum Gasteiger partial charge on any atom is 0.191 e. The summed E-state index contributed by atoms with van der Waals surface area (Å²) in [5.74, 6) is 1.94. The molecule has 2 heterocycles. The van der Waals surface area contributed by atoms with E-state index in [-0.39, 0.29) is 30.5 Å². The fraction of sp³-hybridized carbons (Fsp3) is 0.364. The molecule has 30 heavy (non-hydrogen) atoms. The number of halogens is 1. The van der Waals surface area contributed by atoms with E-state index in [1.165, 1.54) is 0 Å². The SMILES string of the molecule is CCNC(=NCC(C)(O)c1ccc(C)o1)NCCc1cnn(-c2ccccc2)c1.I. The number of hydrogen-bond acceptors (Lipinski definition) is 4. The molecule has 3 aromatic rings. The minimum absolute atomic E-state index is 0. The molecular formula is C22H30IN5O2. The first kappa shape index (κ1) is 23.9. The van der Waals surface area contributed by atoms with Crippen molar-refractivity contribution >= 4 is 29.9 Å². The molecule has 0 radical (unpaired) electrons. The van der Waals surface area contributed by atoms with Gasteiger partial charge in [-0.25, -0.2) is 9.67 Å². The van der Waals surface area contributed by atoms with Crippen molar-refractivity contribution in [1.82, 2.24) is 20.4 Å². The number of aryl methyl sites for hydroxylation is 1. The molecule has 8 heteroatoms. The number of aliphatic imine (C=N–C) groups is 1. The lowest BCUT2D eigenvalue weighted by Gasteiger charge is -2.19. The topological polar surface area (TPSA) is 87.6 Å². The lowest BCUT2D eigenvalue weighted by molar-refractivity contribution is 0.0428. The number of benzene rings is 1. The molecule has 0 aliphatic heterocycles. The molecule has 0 aliphatic rings. The molecule has 3 rings (SSSR count). The maximum absolute atomic E-state index is 10.7. The first-order valence-electron chi connectivity index (χ1n) is 9.88. The van der Waals surface area contributed by atoms with Gasteiger partial charge in [0.25, 0.3) is 0 Å². The van der Waals surface area contributed by atoms with Crippen LogP contribution in [0.5, 0.6) is 0 Å². The van der Waals surface area contributed by atoms with Crippen LogP contribution >= 0.6 is 24.0 Å². The highest BCUT2D eigenvalue weighted by Crippen LogP contribution is 2.23. The Morgan fingerprint density at radius 2 is 1.97 bits per heavy atom. The number of furan rings is 1. The molecule has 0 amide bonds. The summed E-state index contributed by atoms with van der Waals surface area (Å²) in [6.45, 7) is 7.20. The average Bonchev–Trinajstić information content (AvgIpc) is 3.36. The van der Waals surface area contributed by atoms with E-state index in [1.807, 2.05) is 67.3 Å². The maximum atomic E-state index is 10.7. The summed E-state index contributed by atoms with van der Waals surface area (Å²) in [7, 11) is 0. The third-order valence-electron chi connectivity index (χ3n) is 4.52. The van der Waals surface area contributed by atoms with Gasteiger partial charge in [0.2, 0.25) is 0 Å². The molecule has 1 atom stereocenters. The van der Waals surface area contributed by atoms with Crippen LogP contribution in [-0.2, 0) is 12.0 Å². The van der Waals surface area contributed by atoms with Gasteiger partial charge in [-0.15, -0.1) is 24.0 Å². The predicted octanol–water partition coefficient (Wildman–Crippen LogP) is 3.40. The first-order valence-corrected chi connectivity index (χ1v) is 9.88. The van der Waals surface area contributed by atoms with Crippen molar-refractivity contribution in [3.8, 4) is 5.69 Å². The van der Waals surface area contributed by atoms with Gasteiger partial charge >= 0.3 is 0 Å². The Morgan fingerprint density at radius 3 is 2.63 bits per heavy atom.